The van der Waals surface area contributed by atoms with Crippen molar-refractivity contribution in [2.24, 2.45) is 5.41 Å². The topological polar surface area (TPSA) is 44.9 Å². The van der Waals surface area contributed by atoms with Gasteiger partial charge in [-0.05, 0) is 47.0 Å². The molecule has 1 aromatic carbocycles. The number of aromatic amines is 1. The smallest absolute Gasteiger partial charge is 0.252 e. The van der Waals surface area contributed by atoms with E-state index >= 15 is 0 Å². The number of carbonyl (C=O) groups excluding carboxylic acids is 1. The van der Waals surface area contributed by atoms with Crippen molar-refractivity contribution in [2.45, 2.75) is 19.3 Å². The molecule has 3 rings (SSSR count). The van der Waals surface area contributed by atoms with Crippen molar-refractivity contribution >= 4 is 38.4 Å². The monoisotopic (exact) mass is 328 g/mol. The number of fused-ring (bicyclic) bond motifs is 1. The van der Waals surface area contributed by atoms with Crippen molar-refractivity contribution in [3.8, 4) is 0 Å². The third-order valence-corrected chi connectivity index (χ3v) is 4.24. The van der Waals surface area contributed by atoms with Gasteiger partial charge in [-0.1, -0.05) is 0 Å². The quantitative estimate of drug-likeness (QED) is 0.881. The van der Waals surface area contributed by atoms with Crippen LogP contribution in [0.3, 0.4) is 0 Å². The van der Waals surface area contributed by atoms with Crippen molar-refractivity contribution in [2.75, 3.05) is 5.32 Å². The number of hydrogen-bond donors (Lipinski definition) is 2. The molecule has 1 amide bonds. The van der Waals surface area contributed by atoms with Crippen LogP contribution in [0.15, 0.2) is 28.9 Å². The number of hydrogen-bond acceptors (Lipinski definition) is 1. The van der Waals surface area contributed by atoms with Crippen molar-refractivity contribution in [3.63, 3.8) is 0 Å². The molecule has 1 fully saturated rings. The van der Waals surface area contributed by atoms with Gasteiger partial charge in [0.2, 0.25) is 5.91 Å². The lowest BCUT2D eigenvalue weighted by Crippen LogP contribution is -2.30. The van der Waals surface area contributed by atoms with Crippen LogP contribution in [-0.4, -0.2) is 17.3 Å². The first-order valence-electron chi connectivity index (χ1n) is 5.90. The zero-order valence-corrected chi connectivity index (χ0v) is 11.4. The molecule has 1 aliphatic carbocycles. The largest absolute Gasteiger partial charge is 0.361 e. The summed E-state index contributed by atoms with van der Waals surface area (Å²) in [6.45, 7) is 0. The number of H-pyrrole nitrogens is 1. The SMILES string of the molecule is O=C(Nc1c(Br)ccc2[nH]ccc12)C1(C(F)F)CC1. The van der Waals surface area contributed by atoms with E-state index in [0.717, 1.165) is 10.9 Å². The van der Waals surface area contributed by atoms with Gasteiger partial charge >= 0.3 is 0 Å². The summed E-state index contributed by atoms with van der Waals surface area (Å²) in [5, 5.41) is 3.44. The number of amides is 1. The number of anilines is 1. The number of rotatable bonds is 3. The van der Waals surface area contributed by atoms with Crippen LogP contribution in [0, 0.1) is 5.41 Å². The lowest BCUT2D eigenvalue weighted by atomic mass is 10.1. The van der Waals surface area contributed by atoms with E-state index in [1.165, 1.54) is 0 Å². The molecule has 19 heavy (non-hydrogen) atoms. The average molecular weight is 329 g/mol. The summed E-state index contributed by atoms with van der Waals surface area (Å²) < 4.78 is 26.5. The number of aromatic nitrogens is 1. The van der Waals surface area contributed by atoms with E-state index in [2.05, 4.69) is 26.2 Å². The second-order valence-electron chi connectivity index (χ2n) is 4.77. The molecule has 1 saturated carbocycles. The van der Waals surface area contributed by atoms with Crippen LogP contribution in [0.4, 0.5) is 14.5 Å². The van der Waals surface area contributed by atoms with Crippen molar-refractivity contribution in [3.05, 3.63) is 28.9 Å². The van der Waals surface area contributed by atoms with E-state index in [-0.39, 0.29) is 12.8 Å². The Bertz CT molecular complexity index is 649. The Labute approximate surface area is 116 Å². The summed E-state index contributed by atoms with van der Waals surface area (Å²) in [5.74, 6) is -0.600. The Hall–Kier alpha value is -1.43. The fraction of sp³-hybridized carbons (Fsp3) is 0.308. The van der Waals surface area contributed by atoms with Gasteiger partial charge in [-0.25, -0.2) is 8.78 Å². The first kappa shape index (κ1) is 12.6. The molecule has 0 atom stereocenters. The minimum atomic E-state index is -2.61. The maximum Gasteiger partial charge on any atom is 0.252 e. The molecular formula is C13H11BrF2N2O. The second kappa shape index (κ2) is 4.30. The van der Waals surface area contributed by atoms with E-state index in [9.17, 15) is 13.6 Å². The van der Waals surface area contributed by atoms with Gasteiger partial charge in [-0.15, -0.1) is 0 Å². The van der Waals surface area contributed by atoms with Crippen LogP contribution in [0.2, 0.25) is 0 Å². The standard InChI is InChI=1S/C13H11BrF2N2O/c14-8-1-2-9-7(3-6-17-9)10(8)18-12(19)13(4-5-13)11(15)16/h1-3,6,11,17H,4-5H2,(H,18,19). The summed E-state index contributed by atoms with van der Waals surface area (Å²) in [6, 6.07) is 5.43. The zero-order chi connectivity index (χ0) is 13.6. The Kier molecular flexibility index (Phi) is 2.85. The number of alkyl halides is 2. The highest BCUT2D eigenvalue weighted by atomic mass is 79.9. The van der Waals surface area contributed by atoms with Crippen LogP contribution in [-0.2, 0) is 4.79 Å². The number of carbonyl (C=O) groups is 1. The molecule has 2 aromatic rings. The van der Waals surface area contributed by atoms with Crippen molar-refractivity contribution in [1.82, 2.24) is 4.98 Å². The molecule has 1 aromatic heterocycles. The molecule has 3 nitrogen and oxygen atoms in total. The summed E-state index contributed by atoms with van der Waals surface area (Å²) in [4.78, 5) is 15.1. The number of benzene rings is 1. The lowest BCUT2D eigenvalue weighted by molar-refractivity contribution is -0.126. The Morgan fingerprint density at radius 3 is 2.74 bits per heavy atom. The van der Waals surface area contributed by atoms with Gasteiger partial charge in [0.15, 0.2) is 0 Å². The van der Waals surface area contributed by atoms with Crippen LogP contribution >= 0.6 is 15.9 Å². The highest BCUT2D eigenvalue weighted by Gasteiger charge is 2.57. The van der Waals surface area contributed by atoms with Crippen LogP contribution in [0.25, 0.3) is 10.9 Å². The highest BCUT2D eigenvalue weighted by Crippen LogP contribution is 2.51. The molecule has 0 spiro atoms. The maximum absolute atomic E-state index is 12.9. The Morgan fingerprint density at radius 1 is 1.37 bits per heavy atom. The minimum absolute atomic E-state index is 0.247. The first-order chi connectivity index (χ1) is 9.04. The number of nitrogens with one attached hydrogen (secondary N) is 2. The fourth-order valence-electron chi connectivity index (χ4n) is 2.15. The summed E-state index contributed by atoms with van der Waals surface area (Å²) in [6.07, 6.45) is -0.377. The van der Waals surface area contributed by atoms with Gasteiger partial charge in [0.25, 0.3) is 6.43 Å². The Morgan fingerprint density at radius 2 is 2.11 bits per heavy atom. The molecular weight excluding hydrogens is 318 g/mol. The zero-order valence-electron chi connectivity index (χ0n) is 9.84. The summed E-state index contributed by atoms with van der Waals surface area (Å²) in [5.41, 5.74) is -0.103. The van der Waals surface area contributed by atoms with Gasteiger partial charge in [-0.3, -0.25) is 4.79 Å². The summed E-state index contributed by atoms with van der Waals surface area (Å²) in [7, 11) is 0. The lowest BCUT2D eigenvalue weighted by Gasteiger charge is -2.15. The van der Waals surface area contributed by atoms with Crippen molar-refractivity contribution in [1.29, 1.82) is 0 Å². The van der Waals surface area contributed by atoms with Gasteiger partial charge in [-0.2, -0.15) is 0 Å². The van der Waals surface area contributed by atoms with E-state index in [0.29, 0.717) is 10.2 Å². The normalized spacial score (nSPS) is 16.8. The molecule has 0 radical (unpaired) electrons. The van der Waals surface area contributed by atoms with E-state index in [4.69, 9.17) is 0 Å². The van der Waals surface area contributed by atoms with Gasteiger partial charge in [0, 0.05) is 21.6 Å². The van der Waals surface area contributed by atoms with Gasteiger partial charge < -0.3 is 10.3 Å². The maximum atomic E-state index is 12.9. The molecule has 2 N–H and O–H groups in total. The molecule has 1 aliphatic rings. The van der Waals surface area contributed by atoms with Crippen LogP contribution < -0.4 is 5.32 Å². The minimum Gasteiger partial charge on any atom is -0.361 e. The molecule has 6 heteroatoms. The summed E-state index contributed by atoms with van der Waals surface area (Å²) >= 11 is 3.34. The second-order valence-corrected chi connectivity index (χ2v) is 5.63. The van der Waals surface area contributed by atoms with Crippen LogP contribution in [0.5, 0.6) is 0 Å². The van der Waals surface area contributed by atoms with Crippen molar-refractivity contribution < 1.29 is 13.6 Å². The van der Waals surface area contributed by atoms with E-state index in [1.54, 1.807) is 18.3 Å². The third-order valence-electron chi connectivity index (χ3n) is 3.58. The average Bonchev–Trinajstić information content (AvgIpc) is 3.06. The van der Waals surface area contributed by atoms with Gasteiger partial charge in [0.1, 0.15) is 5.41 Å². The first-order valence-corrected chi connectivity index (χ1v) is 6.69. The molecule has 0 aliphatic heterocycles. The molecule has 0 bridgehead atoms. The van der Waals surface area contributed by atoms with E-state index in [1.807, 2.05) is 6.07 Å². The molecule has 1 heterocycles. The fourth-order valence-corrected chi connectivity index (χ4v) is 2.60. The third kappa shape index (κ3) is 1.94. The van der Waals surface area contributed by atoms with E-state index < -0.39 is 17.7 Å². The highest BCUT2D eigenvalue weighted by molar-refractivity contribution is 9.10. The predicted molar refractivity (Wildman–Crippen MR) is 72.3 cm³/mol. The number of halogens is 3. The van der Waals surface area contributed by atoms with Crippen LogP contribution in [0.1, 0.15) is 12.8 Å². The molecule has 0 saturated heterocycles. The molecule has 100 valence electrons. The Balaban J connectivity index is 1.96. The van der Waals surface area contributed by atoms with Gasteiger partial charge in [0.05, 0.1) is 5.69 Å². The predicted octanol–water partition coefficient (Wildman–Crippen LogP) is 3.91. The molecule has 0 unspecified atom stereocenters.